The average Bonchev–Trinajstić information content (AvgIpc) is 2.91. The molecule has 3 aromatic rings. The fourth-order valence-corrected chi connectivity index (χ4v) is 3.98. The zero-order valence-electron chi connectivity index (χ0n) is 14.6. The van der Waals surface area contributed by atoms with E-state index in [1.807, 2.05) is 13.8 Å². The van der Waals surface area contributed by atoms with Gasteiger partial charge in [0.1, 0.15) is 5.82 Å². The second-order valence-corrected chi connectivity index (χ2v) is 7.64. The number of sulfonamides is 1. The molecule has 2 aromatic carbocycles. The molecule has 0 amide bonds. The third-order valence-electron chi connectivity index (χ3n) is 4.31. The van der Waals surface area contributed by atoms with Crippen molar-refractivity contribution in [2.24, 2.45) is 0 Å². The summed E-state index contributed by atoms with van der Waals surface area (Å²) in [5.74, 6) is -0.375. The number of halogens is 1. The summed E-state index contributed by atoms with van der Waals surface area (Å²) in [6, 6.07) is 10.3. The maximum Gasteiger partial charge on any atom is 0.329 e. The molecule has 0 saturated heterocycles. The van der Waals surface area contributed by atoms with Crippen LogP contribution >= 0.6 is 0 Å². The summed E-state index contributed by atoms with van der Waals surface area (Å²) in [6.07, 6.45) is 0. The number of aryl methyl sites for hydroxylation is 2. The summed E-state index contributed by atoms with van der Waals surface area (Å²) < 4.78 is 43.8. The number of imidazole rings is 1. The van der Waals surface area contributed by atoms with E-state index in [1.54, 1.807) is 15.2 Å². The number of nitrogens with zero attached hydrogens (tertiary/aromatic N) is 2. The van der Waals surface area contributed by atoms with Crippen LogP contribution in [-0.2, 0) is 29.7 Å². The molecule has 0 fully saturated rings. The molecule has 0 aliphatic carbocycles. The zero-order chi connectivity index (χ0) is 18.9. The lowest BCUT2D eigenvalue weighted by atomic mass is 10.2. The SMILES string of the molecule is CCn1c(=O)n(CC)c2cc(S(=O)(=O)NCc3ccc(F)cc3)ccc21. The van der Waals surface area contributed by atoms with Crippen molar-refractivity contribution in [3.8, 4) is 0 Å². The second kappa shape index (κ2) is 7.05. The van der Waals surface area contributed by atoms with Gasteiger partial charge in [0.15, 0.2) is 0 Å². The van der Waals surface area contributed by atoms with E-state index in [4.69, 9.17) is 0 Å². The predicted octanol–water partition coefficient (Wildman–Crippen LogP) is 2.46. The summed E-state index contributed by atoms with van der Waals surface area (Å²) in [6.45, 7) is 4.73. The number of aromatic nitrogens is 2. The quantitative estimate of drug-likeness (QED) is 0.717. The molecule has 26 heavy (non-hydrogen) atoms. The van der Waals surface area contributed by atoms with Gasteiger partial charge in [0, 0.05) is 19.6 Å². The molecule has 0 unspecified atom stereocenters. The van der Waals surface area contributed by atoms with Gasteiger partial charge >= 0.3 is 5.69 Å². The van der Waals surface area contributed by atoms with E-state index in [0.29, 0.717) is 29.7 Å². The Morgan fingerprint density at radius 2 is 1.58 bits per heavy atom. The molecule has 0 aliphatic rings. The molecular weight excluding hydrogens is 357 g/mol. The highest BCUT2D eigenvalue weighted by Gasteiger charge is 2.18. The third-order valence-corrected chi connectivity index (χ3v) is 5.71. The largest absolute Gasteiger partial charge is 0.329 e. The van der Waals surface area contributed by atoms with Gasteiger partial charge in [-0.25, -0.2) is 22.3 Å². The van der Waals surface area contributed by atoms with Crippen molar-refractivity contribution in [1.82, 2.24) is 13.9 Å². The van der Waals surface area contributed by atoms with E-state index in [2.05, 4.69) is 4.72 Å². The van der Waals surface area contributed by atoms with E-state index >= 15 is 0 Å². The molecule has 3 rings (SSSR count). The molecule has 0 spiro atoms. The van der Waals surface area contributed by atoms with Crippen LogP contribution < -0.4 is 10.4 Å². The van der Waals surface area contributed by atoms with Crippen LogP contribution in [0.3, 0.4) is 0 Å². The zero-order valence-corrected chi connectivity index (χ0v) is 15.4. The molecule has 1 aromatic heterocycles. The first-order chi connectivity index (χ1) is 12.4. The Hall–Kier alpha value is -2.45. The lowest BCUT2D eigenvalue weighted by Gasteiger charge is -2.08. The Morgan fingerprint density at radius 1 is 0.962 bits per heavy atom. The predicted molar refractivity (Wildman–Crippen MR) is 98.0 cm³/mol. The van der Waals surface area contributed by atoms with Crippen molar-refractivity contribution in [3.05, 3.63) is 64.3 Å². The first-order valence-corrected chi connectivity index (χ1v) is 9.83. The normalized spacial score (nSPS) is 12.0. The second-order valence-electron chi connectivity index (χ2n) is 5.87. The van der Waals surface area contributed by atoms with Crippen LogP contribution in [0.25, 0.3) is 11.0 Å². The number of fused-ring (bicyclic) bond motifs is 1. The summed E-state index contributed by atoms with van der Waals surface area (Å²) in [4.78, 5) is 12.5. The molecular formula is C18H20FN3O3S. The van der Waals surface area contributed by atoms with Crippen molar-refractivity contribution < 1.29 is 12.8 Å². The van der Waals surface area contributed by atoms with Crippen LogP contribution in [0.4, 0.5) is 4.39 Å². The highest BCUT2D eigenvalue weighted by atomic mass is 32.2. The van der Waals surface area contributed by atoms with Crippen LogP contribution in [0.1, 0.15) is 19.4 Å². The molecule has 1 N–H and O–H groups in total. The molecule has 0 saturated carbocycles. The highest BCUT2D eigenvalue weighted by molar-refractivity contribution is 7.89. The molecule has 138 valence electrons. The van der Waals surface area contributed by atoms with Crippen molar-refractivity contribution in [2.75, 3.05) is 0 Å². The Bertz CT molecular complexity index is 1100. The molecule has 0 bridgehead atoms. The Kier molecular flexibility index (Phi) is 4.97. The molecule has 1 heterocycles. The lowest BCUT2D eigenvalue weighted by Crippen LogP contribution is -2.23. The topological polar surface area (TPSA) is 73.1 Å². The van der Waals surface area contributed by atoms with Gasteiger partial charge in [0.2, 0.25) is 10.0 Å². The van der Waals surface area contributed by atoms with E-state index in [0.717, 1.165) is 0 Å². The summed E-state index contributed by atoms with van der Waals surface area (Å²) >= 11 is 0. The van der Waals surface area contributed by atoms with Gasteiger partial charge in [-0.1, -0.05) is 12.1 Å². The standard InChI is InChI=1S/C18H20FN3O3S/c1-3-21-16-10-9-15(11-17(16)22(4-2)18(21)23)26(24,25)20-12-13-5-7-14(19)8-6-13/h5-11,20H,3-4,12H2,1-2H3. The van der Waals surface area contributed by atoms with Crippen molar-refractivity contribution in [3.63, 3.8) is 0 Å². The Morgan fingerprint density at radius 3 is 2.19 bits per heavy atom. The fourth-order valence-electron chi connectivity index (χ4n) is 2.94. The van der Waals surface area contributed by atoms with Crippen molar-refractivity contribution >= 4 is 21.1 Å². The van der Waals surface area contributed by atoms with Crippen LogP contribution in [0.15, 0.2) is 52.2 Å². The number of benzene rings is 2. The molecule has 0 radical (unpaired) electrons. The van der Waals surface area contributed by atoms with Crippen molar-refractivity contribution in [1.29, 1.82) is 0 Å². The third kappa shape index (κ3) is 3.30. The summed E-state index contributed by atoms with van der Waals surface area (Å²) in [5.41, 5.74) is 1.79. The van der Waals surface area contributed by atoms with E-state index < -0.39 is 10.0 Å². The minimum absolute atomic E-state index is 0.0528. The molecule has 0 aliphatic heterocycles. The monoisotopic (exact) mass is 377 g/mol. The maximum atomic E-state index is 12.9. The number of rotatable bonds is 6. The Balaban J connectivity index is 1.95. The van der Waals surface area contributed by atoms with Gasteiger partial charge in [-0.3, -0.25) is 9.13 Å². The minimum Gasteiger partial charge on any atom is -0.292 e. The average molecular weight is 377 g/mol. The maximum absolute atomic E-state index is 12.9. The summed E-state index contributed by atoms with van der Waals surface area (Å²) in [7, 11) is -3.76. The lowest BCUT2D eigenvalue weighted by molar-refractivity contribution is 0.581. The number of hydrogen-bond acceptors (Lipinski definition) is 3. The fraction of sp³-hybridized carbons (Fsp3) is 0.278. The van der Waals surface area contributed by atoms with Gasteiger partial charge in [0.05, 0.1) is 15.9 Å². The van der Waals surface area contributed by atoms with Crippen LogP contribution in [0.5, 0.6) is 0 Å². The van der Waals surface area contributed by atoms with Gasteiger partial charge in [-0.2, -0.15) is 0 Å². The van der Waals surface area contributed by atoms with Gasteiger partial charge in [-0.15, -0.1) is 0 Å². The highest BCUT2D eigenvalue weighted by Crippen LogP contribution is 2.19. The van der Waals surface area contributed by atoms with E-state index in [-0.39, 0.29) is 22.9 Å². The van der Waals surface area contributed by atoms with Gasteiger partial charge < -0.3 is 0 Å². The Labute approximate surface area is 150 Å². The van der Waals surface area contributed by atoms with Crippen molar-refractivity contribution in [2.45, 2.75) is 38.4 Å². The van der Waals surface area contributed by atoms with Crippen LogP contribution in [-0.4, -0.2) is 17.6 Å². The van der Waals surface area contributed by atoms with Crippen LogP contribution in [0.2, 0.25) is 0 Å². The van der Waals surface area contributed by atoms with E-state index in [9.17, 15) is 17.6 Å². The van der Waals surface area contributed by atoms with Gasteiger partial charge in [0.25, 0.3) is 0 Å². The molecule has 8 heteroatoms. The summed E-state index contributed by atoms with van der Waals surface area (Å²) in [5, 5.41) is 0. The van der Waals surface area contributed by atoms with Gasteiger partial charge in [-0.05, 0) is 49.7 Å². The molecule has 0 atom stereocenters. The first kappa shape index (κ1) is 18.3. The van der Waals surface area contributed by atoms with E-state index in [1.165, 1.54) is 36.4 Å². The smallest absolute Gasteiger partial charge is 0.292 e. The van der Waals surface area contributed by atoms with Crippen LogP contribution in [0, 0.1) is 5.82 Å². The molecule has 6 nitrogen and oxygen atoms in total. The number of hydrogen-bond donors (Lipinski definition) is 1. The first-order valence-electron chi connectivity index (χ1n) is 8.34. The minimum atomic E-state index is -3.76. The number of nitrogens with one attached hydrogen (secondary N) is 1.